The number of hydrogen-bond donors (Lipinski definition) is 2. The number of amides is 1. The number of nitrogens with one attached hydrogen (secondary N) is 2. The number of carbonyl (C=O) groups excluding carboxylic acids is 1. The van der Waals surface area contributed by atoms with Gasteiger partial charge in [0, 0.05) is 23.8 Å². The SMILES string of the molecule is CC1CC(C)SC(=NCCNC(=O)C2CC2)N1. The molecule has 2 atom stereocenters. The van der Waals surface area contributed by atoms with E-state index in [9.17, 15) is 4.79 Å². The molecule has 0 aromatic rings. The van der Waals surface area contributed by atoms with Gasteiger partial charge in [-0.3, -0.25) is 9.79 Å². The Morgan fingerprint density at radius 3 is 2.94 bits per heavy atom. The van der Waals surface area contributed by atoms with Crippen LogP contribution < -0.4 is 10.6 Å². The number of rotatable bonds is 4. The topological polar surface area (TPSA) is 53.5 Å². The standard InChI is InChI=1S/C12H21N3OS/c1-8-7-9(2)17-12(15-8)14-6-5-13-11(16)10-3-4-10/h8-10H,3-7H2,1-2H3,(H,13,16)(H,14,15). The van der Waals surface area contributed by atoms with Crippen LogP contribution in [0, 0.1) is 5.92 Å². The molecule has 1 amide bonds. The Kier molecular flexibility index (Phi) is 4.31. The summed E-state index contributed by atoms with van der Waals surface area (Å²) in [5.74, 6) is 0.501. The summed E-state index contributed by atoms with van der Waals surface area (Å²) in [6, 6.07) is 0.506. The first kappa shape index (κ1) is 12.7. The molecule has 2 N–H and O–H groups in total. The van der Waals surface area contributed by atoms with Gasteiger partial charge in [0.15, 0.2) is 5.17 Å². The van der Waals surface area contributed by atoms with Crippen molar-refractivity contribution in [1.29, 1.82) is 0 Å². The molecule has 2 unspecified atom stereocenters. The summed E-state index contributed by atoms with van der Waals surface area (Å²) in [7, 11) is 0. The van der Waals surface area contributed by atoms with E-state index in [0.717, 1.165) is 18.0 Å². The normalized spacial score (nSPS) is 31.1. The first-order valence-corrected chi connectivity index (χ1v) is 7.28. The summed E-state index contributed by atoms with van der Waals surface area (Å²) in [5.41, 5.74) is 0. The number of thioether (sulfide) groups is 1. The van der Waals surface area contributed by atoms with E-state index in [1.54, 1.807) is 11.8 Å². The summed E-state index contributed by atoms with van der Waals surface area (Å²) >= 11 is 1.79. The van der Waals surface area contributed by atoms with Crippen molar-refractivity contribution in [2.24, 2.45) is 10.9 Å². The lowest BCUT2D eigenvalue weighted by Gasteiger charge is -2.26. The van der Waals surface area contributed by atoms with Crippen LogP contribution in [0.2, 0.25) is 0 Å². The predicted octanol–water partition coefficient (Wildman–Crippen LogP) is 1.37. The molecule has 1 aliphatic heterocycles. The summed E-state index contributed by atoms with van der Waals surface area (Å²) in [6.07, 6.45) is 3.31. The van der Waals surface area contributed by atoms with Crippen LogP contribution in [-0.4, -0.2) is 35.5 Å². The fraction of sp³-hybridized carbons (Fsp3) is 0.833. The van der Waals surface area contributed by atoms with Crippen molar-refractivity contribution in [2.45, 2.75) is 44.4 Å². The molecule has 0 aromatic heterocycles. The molecule has 4 nitrogen and oxygen atoms in total. The molecule has 0 bridgehead atoms. The summed E-state index contributed by atoms with van der Waals surface area (Å²) in [6.45, 7) is 5.74. The largest absolute Gasteiger partial charge is 0.362 e. The van der Waals surface area contributed by atoms with Gasteiger partial charge in [-0.05, 0) is 26.2 Å². The fourth-order valence-electron chi connectivity index (χ4n) is 1.95. The van der Waals surface area contributed by atoms with Crippen LogP contribution in [0.4, 0.5) is 0 Å². The zero-order chi connectivity index (χ0) is 12.3. The van der Waals surface area contributed by atoms with Crippen molar-refractivity contribution >= 4 is 22.8 Å². The third kappa shape index (κ3) is 4.22. The molecule has 0 spiro atoms. The lowest BCUT2D eigenvalue weighted by atomic mass is 10.2. The zero-order valence-electron chi connectivity index (χ0n) is 10.5. The van der Waals surface area contributed by atoms with Crippen molar-refractivity contribution in [2.75, 3.05) is 13.1 Å². The maximum absolute atomic E-state index is 11.4. The summed E-state index contributed by atoms with van der Waals surface area (Å²) in [5, 5.41) is 7.95. The number of amidine groups is 1. The molecule has 5 heteroatoms. The summed E-state index contributed by atoms with van der Waals surface area (Å²) < 4.78 is 0. The molecule has 0 radical (unpaired) electrons. The van der Waals surface area contributed by atoms with Gasteiger partial charge in [0.25, 0.3) is 0 Å². The molecule has 2 fully saturated rings. The van der Waals surface area contributed by atoms with E-state index < -0.39 is 0 Å². The van der Waals surface area contributed by atoms with Crippen molar-refractivity contribution in [3.05, 3.63) is 0 Å². The molecule has 2 aliphatic rings. The smallest absolute Gasteiger partial charge is 0.223 e. The van der Waals surface area contributed by atoms with E-state index in [-0.39, 0.29) is 5.91 Å². The van der Waals surface area contributed by atoms with Crippen molar-refractivity contribution in [3.63, 3.8) is 0 Å². The Morgan fingerprint density at radius 2 is 2.29 bits per heavy atom. The lowest BCUT2D eigenvalue weighted by molar-refractivity contribution is -0.122. The molecule has 1 aliphatic carbocycles. The number of nitrogens with zero attached hydrogens (tertiary/aromatic N) is 1. The van der Waals surface area contributed by atoms with Gasteiger partial charge in [-0.1, -0.05) is 18.7 Å². The third-order valence-electron chi connectivity index (χ3n) is 2.98. The molecule has 0 aromatic carbocycles. The molecule has 2 rings (SSSR count). The van der Waals surface area contributed by atoms with Gasteiger partial charge in [-0.25, -0.2) is 0 Å². The number of aliphatic imine (C=N–C) groups is 1. The Hall–Kier alpha value is -0.710. The van der Waals surface area contributed by atoms with E-state index in [2.05, 4.69) is 29.5 Å². The van der Waals surface area contributed by atoms with Crippen LogP contribution in [-0.2, 0) is 4.79 Å². The van der Waals surface area contributed by atoms with E-state index in [0.29, 0.717) is 30.3 Å². The van der Waals surface area contributed by atoms with Gasteiger partial charge in [-0.15, -0.1) is 0 Å². The fourth-order valence-corrected chi connectivity index (χ4v) is 3.15. The van der Waals surface area contributed by atoms with E-state index in [1.165, 1.54) is 6.42 Å². The van der Waals surface area contributed by atoms with Crippen molar-refractivity contribution in [3.8, 4) is 0 Å². The molecular formula is C12H21N3OS. The van der Waals surface area contributed by atoms with Crippen LogP contribution in [0.25, 0.3) is 0 Å². The van der Waals surface area contributed by atoms with Crippen LogP contribution >= 0.6 is 11.8 Å². The maximum atomic E-state index is 11.4. The first-order chi connectivity index (χ1) is 8.15. The second kappa shape index (κ2) is 5.76. The maximum Gasteiger partial charge on any atom is 0.223 e. The first-order valence-electron chi connectivity index (χ1n) is 6.40. The van der Waals surface area contributed by atoms with E-state index in [4.69, 9.17) is 0 Å². The Labute approximate surface area is 107 Å². The number of hydrogen-bond acceptors (Lipinski definition) is 3. The van der Waals surface area contributed by atoms with Gasteiger partial charge in [-0.2, -0.15) is 0 Å². The van der Waals surface area contributed by atoms with Crippen LogP contribution in [0.15, 0.2) is 4.99 Å². The minimum atomic E-state index is 0.205. The highest BCUT2D eigenvalue weighted by atomic mass is 32.2. The molecule has 96 valence electrons. The van der Waals surface area contributed by atoms with Gasteiger partial charge < -0.3 is 10.6 Å². The Balaban J connectivity index is 1.66. The van der Waals surface area contributed by atoms with Gasteiger partial charge in [0.2, 0.25) is 5.91 Å². The highest BCUT2D eigenvalue weighted by Crippen LogP contribution is 2.28. The highest BCUT2D eigenvalue weighted by Gasteiger charge is 2.29. The molecule has 17 heavy (non-hydrogen) atoms. The van der Waals surface area contributed by atoms with Gasteiger partial charge in [0.05, 0.1) is 6.54 Å². The highest BCUT2D eigenvalue weighted by molar-refractivity contribution is 8.14. The van der Waals surface area contributed by atoms with E-state index in [1.807, 2.05) is 0 Å². The molecule has 1 heterocycles. The average molecular weight is 255 g/mol. The Morgan fingerprint density at radius 1 is 1.53 bits per heavy atom. The van der Waals surface area contributed by atoms with Crippen LogP contribution in [0.1, 0.15) is 33.1 Å². The van der Waals surface area contributed by atoms with Crippen LogP contribution in [0.3, 0.4) is 0 Å². The average Bonchev–Trinajstić information content (AvgIpc) is 3.06. The van der Waals surface area contributed by atoms with Gasteiger partial charge >= 0.3 is 0 Å². The van der Waals surface area contributed by atoms with E-state index >= 15 is 0 Å². The van der Waals surface area contributed by atoms with Crippen LogP contribution in [0.5, 0.6) is 0 Å². The molecule has 1 saturated heterocycles. The quantitative estimate of drug-likeness (QED) is 0.746. The van der Waals surface area contributed by atoms with Gasteiger partial charge in [0.1, 0.15) is 0 Å². The zero-order valence-corrected chi connectivity index (χ0v) is 11.3. The summed E-state index contributed by atoms with van der Waals surface area (Å²) in [4.78, 5) is 15.9. The lowest BCUT2D eigenvalue weighted by Crippen LogP contribution is -2.38. The molecule has 1 saturated carbocycles. The minimum Gasteiger partial charge on any atom is -0.362 e. The Bertz CT molecular complexity index is 303. The predicted molar refractivity (Wildman–Crippen MR) is 72.3 cm³/mol. The minimum absolute atomic E-state index is 0.205. The second-order valence-electron chi connectivity index (χ2n) is 4.96. The molecular weight excluding hydrogens is 234 g/mol. The monoisotopic (exact) mass is 255 g/mol. The van der Waals surface area contributed by atoms with Crippen molar-refractivity contribution < 1.29 is 4.79 Å². The third-order valence-corrected chi connectivity index (χ3v) is 4.05. The van der Waals surface area contributed by atoms with Crippen molar-refractivity contribution in [1.82, 2.24) is 10.6 Å². The second-order valence-corrected chi connectivity index (χ2v) is 6.39. The number of carbonyl (C=O) groups is 1.